The summed E-state index contributed by atoms with van der Waals surface area (Å²) < 4.78 is 24.4. The van der Waals surface area contributed by atoms with Crippen molar-refractivity contribution in [2.24, 2.45) is 0 Å². The first kappa shape index (κ1) is 21.5. The fourth-order valence-corrected chi connectivity index (χ4v) is 3.55. The van der Waals surface area contributed by atoms with Crippen molar-refractivity contribution in [3.8, 4) is 0 Å². The van der Waals surface area contributed by atoms with Crippen LogP contribution in [-0.2, 0) is 10.0 Å². The first-order valence-electron chi connectivity index (χ1n) is 8.81. The summed E-state index contributed by atoms with van der Waals surface area (Å²) in [5.74, 6) is -0.912. The smallest absolute Gasteiger partial charge is 0.266 e. The van der Waals surface area contributed by atoms with Gasteiger partial charge >= 0.3 is 0 Å². The van der Waals surface area contributed by atoms with E-state index in [4.69, 9.17) is 11.6 Å². The molecule has 0 spiro atoms. The zero-order valence-corrected chi connectivity index (χ0v) is 17.4. The Hall–Kier alpha value is -3.20. The molecule has 0 fully saturated rings. The summed E-state index contributed by atoms with van der Waals surface area (Å²) in [4.78, 5) is 26.6. The van der Waals surface area contributed by atoms with Gasteiger partial charge in [0.15, 0.2) is 0 Å². The van der Waals surface area contributed by atoms with Crippen molar-refractivity contribution in [1.82, 2.24) is 10.3 Å². The number of aryl methyl sites for hydroxylation is 1. The summed E-state index contributed by atoms with van der Waals surface area (Å²) in [7, 11) is -3.94. The third-order valence-corrected chi connectivity index (χ3v) is 5.73. The number of halogens is 1. The van der Waals surface area contributed by atoms with Crippen LogP contribution >= 0.6 is 11.6 Å². The van der Waals surface area contributed by atoms with Gasteiger partial charge in [-0.05, 0) is 67.1 Å². The highest BCUT2D eigenvalue weighted by Gasteiger charge is 2.16. The predicted octanol–water partition coefficient (Wildman–Crippen LogP) is 3.52. The van der Waals surface area contributed by atoms with Gasteiger partial charge in [-0.15, -0.1) is 4.83 Å². The Labute approximate surface area is 179 Å². The van der Waals surface area contributed by atoms with Crippen molar-refractivity contribution in [2.45, 2.75) is 11.8 Å². The molecule has 0 saturated heterocycles. The standard InChI is InChI=1S/C21H18ClN3O4S/c1-14-4-2-3-5-19(14)21(27)23-17-10-6-15(7-11-17)20(26)24-25-30(28,29)18-12-8-16(22)9-13-18/h2-13,25H,1H3,(H,23,27)(H,24,26). The third kappa shape index (κ3) is 5.24. The predicted molar refractivity (Wildman–Crippen MR) is 115 cm³/mol. The van der Waals surface area contributed by atoms with Crippen LogP contribution in [0.1, 0.15) is 26.3 Å². The second-order valence-corrected chi connectivity index (χ2v) is 8.48. The Morgan fingerprint density at radius 2 is 1.47 bits per heavy atom. The van der Waals surface area contributed by atoms with Crippen LogP contribution in [0.3, 0.4) is 0 Å². The monoisotopic (exact) mass is 443 g/mol. The van der Waals surface area contributed by atoms with E-state index >= 15 is 0 Å². The molecule has 0 aliphatic carbocycles. The first-order valence-corrected chi connectivity index (χ1v) is 10.7. The largest absolute Gasteiger partial charge is 0.322 e. The van der Waals surface area contributed by atoms with Crippen molar-refractivity contribution in [1.29, 1.82) is 0 Å². The molecule has 0 unspecified atom stereocenters. The summed E-state index contributed by atoms with van der Waals surface area (Å²) in [6.45, 7) is 1.84. The van der Waals surface area contributed by atoms with Crippen LogP contribution < -0.4 is 15.6 Å². The highest BCUT2D eigenvalue weighted by atomic mass is 35.5. The van der Waals surface area contributed by atoms with E-state index in [1.54, 1.807) is 24.3 Å². The maximum Gasteiger partial charge on any atom is 0.266 e. The Kier molecular flexibility index (Phi) is 6.51. The number of sulfonamides is 1. The molecular weight excluding hydrogens is 426 g/mol. The second kappa shape index (κ2) is 9.08. The first-order chi connectivity index (χ1) is 14.3. The summed E-state index contributed by atoms with van der Waals surface area (Å²) in [5.41, 5.74) is 4.26. The molecule has 3 aromatic rings. The molecule has 30 heavy (non-hydrogen) atoms. The molecule has 0 aliphatic heterocycles. The van der Waals surface area contributed by atoms with Crippen LogP contribution in [-0.4, -0.2) is 20.2 Å². The van der Waals surface area contributed by atoms with Crippen molar-refractivity contribution < 1.29 is 18.0 Å². The number of hydrogen-bond donors (Lipinski definition) is 3. The molecule has 0 saturated carbocycles. The summed E-state index contributed by atoms with van der Waals surface area (Å²) in [6.07, 6.45) is 0. The van der Waals surface area contributed by atoms with Crippen LogP contribution in [0.5, 0.6) is 0 Å². The minimum Gasteiger partial charge on any atom is -0.322 e. The average molecular weight is 444 g/mol. The Bertz CT molecular complexity index is 1180. The number of anilines is 1. The lowest BCUT2D eigenvalue weighted by molar-refractivity contribution is 0.0944. The number of carbonyl (C=O) groups excluding carboxylic acids is 2. The molecule has 0 aliphatic rings. The van der Waals surface area contributed by atoms with E-state index in [2.05, 4.69) is 10.7 Å². The maximum atomic E-state index is 12.3. The molecule has 7 nitrogen and oxygen atoms in total. The number of rotatable bonds is 6. The lowest BCUT2D eigenvalue weighted by Crippen LogP contribution is -2.41. The average Bonchev–Trinajstić information content (AvgIpc) is 2.73. The topological polar surface area (TPSA) is 104 Å². The molecular formula is C21H18ClN3O4S. The highest BCUT2D eigenvalue weighted by Crippen LogP contribution is 2.15. The zero-order chi connectivity index (χ0) is 21.7. The van der Waals surface area contributed by atoms with E-state index in [9.17, 15) is 18.0 Å². The van der Waals surface area contributed by atoms with Crippen molar-refractivity contribution in [3.63, 3.8) is 0 Å². The van der Waals surface area contributed by atoms with E-state index < -0.39 is 15.9 Å². The molecule has 3 N–H and O–H groups in total. The van der Waals surface area contributed by atoms with Crippen LogP contribution in [0, 0.1) is 6.92 Å². The number of benzene rings is 3. The molecule has 3 rings (SSSR count). The molecule has 3 aromatic carbocycles. The van der Waals surface area contributed by atoms with Crippen LogP contribution in [0.2, 0.25) is 5.02 Å². The Morgan fingerprint density at radius 3 is 2.10 bits per heavy atom. The van der Waals surface area contributed by atoms with Crippen molar-refractivity contribution >= 4 is 39.1 Å². The fourth-order valence-electron chi connectivity index (χ4n) is 2.59. The molecule has 0 bridgehead atoms. The maximum absolute atomic E-state index is 12.3. The summed E-state index contributed by atoms with van der Waals surface area (Å²) >= 11 is 5.74. The van der Waals surface area contributed by atoms with Crippen molar-refractivity contribution in [2.75, 3.05) is 5.32 Å². The van der Waals surface area contributed by atoms with Crippen molar-refractivity contribution in [3.05, 3.63) is 94.5 Å². The normalized spacial score (nSPS) is 11.0. The molecule has 0 atom stereocenters. The number of amides is 2. The van der Waals surface area contributed by atoms with E-state index in [1.807, 2.05) is 23.9 Å². The van der Waals surface area contributed by atoms with Crippen LogP contribution in [0.25, 0.3) is 0 Å². The van der Waals surface area contributed by atoms with Gasteiger partial charge in [-0.2, -0.15) is 0 Å². The van der Waals surface area contributed by atoms with Gasteiger partial charge in [-0.3, -0.25) is 15.0 Å². The van der Waals surface area contributed by atoms with Gasteiger partial charge in [0.05, 0.1) is 4.90 Å². The SMILES string of the molecule is Cc1ccccc1C(=O)Nc1ccc(C(=O)NNS(=O)(=O)c2ccc(Cl)cc2)cc1. The lowest BCUT2D eigenvalue weighted by Gasteiger charge is -2.10. The number of hydrazine groups is 1. The molecule has 154 valence electrons. The van der Waals surface area contributed by atoms with Gasteiger partial charge < -0.3 is 5.32 Å². The fraction of sp³-hybridized carbons (Fsp3) is 0.0476. The quantitative estimate of drug-likeness (QED) is 0.507. The van der Waals surface area contributed by atoms with Gasteiger partial charge in [0.1, 0.15) is 0 Å². The van der Waals surface area contributed by atoms with Gasteiger partial charge in [0.25, 0.3) is 21.8 Å². The van der Waals surface area contributed by atoms with Gasteiger partial charge in [-0.25, -0.2) is 8.42 Å². The second-order valence-electron chi connectivity index (χ2n) is 6.36. The minimum absolute atomic E-state index is 0.0403. The van der Waals surface area contributed by atoms with Crippen LogP contribution in [0.15, 0.2) is 77.7 Å². The van der Waals surface area contributed by atoms with E-state index in [1.165, 1.54) is 36.4 Å². The molecule has 9 heteroatoms. The van der Waals surface area contributed by atoms with Gasteiger partial charge in [0, 0.05) is 21.8 Å². The minimum atomic E-state index is -3.94. The summed E-state index contributed by atoms with van der Waals surface area (Å²) in [5, 5.41) is 3.15. The van der Waals surface area contributed by atoms with E-state index in [-0.39, 0.29) is 16.4 Å². The van der Waals surface area contributed by atoms with E-state index in [0.717, 1.165) is 5.56 Å². The summed E-state index contributed by atoms with van der Waals surface area (Å²) in [6, 6.07) is 18.7. The molecule has 2 amide bonds. The number of hydrogen-bond acceptors (Lipinski definition) is 4. The van der Waals surface area contributed by atoms with Gasteiger partial charge in [0.2, 0.25) is 0 Å². The lowest BCUT2D eigenvalue weighted by atomic mass is 10.1. The molecule has 0 aromatic heterocycles. The Morgan fingerprint density at radius 1 is 0.833 bits per heavy atom. The molecule has 0 radical (unpaired) electrons. The highest BCUT2D eigenvalue weighted by molar-refractivity contribution is 7.89. The third-order valence-electron chi connectivity index (χ3n) is 4.22. The number of nitrogens with one attached hydrogen (secondary N) is 3. The Balaban J connectivity index is 1.62. The molecule has 0 heterocycles. The van der Waals surface area contributed by atoms with Gasteiger partial charge in [-0.1, -0.05) is 29.8 Å². The number of carbonyl (C=O) groups is 2. The van der Waals surface area contributed by atoms with E-state index in [0.29, 0.717) is 16.3 Å². The van der Waals surface area contributed by atoms with Crippen LogP contribution in [0.4, 0.5) is 5.69 Å². The zero-order valence-electron chi connectivity index (χ0n) is 15.8.